The molecule has 0 radical (unpaired) electrons. The van der Waals surface area contributed by atoms with Gasteiger partial charge in [0.05, 0.1) is 18.8 Å². The van der Waals surface area contributed by atoms with E-state index in [0.29, 0.717) is 6.54 Å². The number of halogens is 3. The van der Waals surface area contributed by atoms with Gasteiger partial charge in [-0.05, 0) is 30.4 Å². The molecule has 0 bridgehead atoms. The Morgan fingerprint density at radius 2 is 2.00 bits per heavy atom. The van der Waals surface area contributed by atoms with E-state index in [0.717, 1.165) is 25.2 Å². The van der Waals surface area contributed by atoms with Crippen LogP contribution in [0.5, 0.6) is 0 Å². The molecule has 1 saturated heterocycles. The summed E-state index contributed by atoms with van der Waals surface area (Å²) in [5.41, 5.74) is -0.0207. The molecular formula is C17H16F3N5O4S. The van der Waals surface area contributed by atoms with Crippen LogP contribution >= 0.6 is 11.3 Å². The molecule has 2 N–H and O–H groups in total. The van der Waals surface area contributed by atoms with Crippen molar-refractivity contribution in [3.8, 4) is 0 Å². The van der Waals surface area contributed by atoms with E-state index in [1.54, 1.807) is 16.0 Å². The number of pyridine rings is 1. The second kappa shape index (κ2) is 8.65. The maximum atomic E-state index is 10.9. The van der Waals surface area contributed by atoms with Gasteiger partial charge >= 0.3 is 18.1 Å². The van der Waals surface area contributed by atoms with Gasteiger partial charge in [-0.1, -0.05) is 5.21 Å². The predicted octanol–water partition coefficient (Wildman–Crippen LogP) is 2.89. The van der Waals surface area contributed by atoms with Crippen molar-refractivity contribution in [2.45, 2.75) is 31.6 Å². The lowest BCUT2D eigenvalue weighted by atomic mass is 10.2. The Labute approximate surface area is 171 Å². The standard InChI is InChI=1S/C15H15N5O2S.C2HF3O2/c21-15(22)12-9-19(18-17-12)8-10-2-1-6-20(10)14-11-4-7-23-13(11)3-5-16-14;3-2(4,5)1(6)7/h3-5,7,9-10H,1-2,6,8H2,(H,21,22);(H,6,7). The zero-order valence-corrected chi connectivity index (χ0v) is 16.1. The molecule has 13 heteroatoms. The number of fused-ring (bicyclic) bond motifs is 1. The number of hydrogen-bond donors (Lipinski definition) is 2. The van der Waals surface area contributed by atoms with Crippen LogP contribution < -0.4 is 4.90 Å². The van der Waals surface area contributed by atoms with Crippen LogP contribution in [0.15, 0.2) is 29.9 Å². The predicted molar refractivity (Wildman–Crippen MR) is 101 cm³/mol. The van der Waals surface area contributed by atoms with Crippen molar-refractivity contribution in [1.82, 2.24) is 20.0 Å². The van der Waals surface area contributed by atoms with Gasteiger partial charge in [-0.15, -0.1) is 16.4 Å². The summed E-state index contributed by atoms with van der Waals surface area (Å²) in [6.45, 7) is 1.57. The number of aliphatic carboxylic acids is 1. The molecular weight excluding hydrogens is 427 g/mol. The van der Waals surface area contributed by atoms with Gasteiger partial charge in [0.15, 0.2) is 5.69 Å². The monoisotopic (exact) mass is 443 g/mol. The Morgan fingerprint density at radius 3 is 2.63 bits per heavy atom. The smallest absolute Gasteiger partial charge is 0.476 e. The molecule has 3 aromatic heterocycles. The topological polar surface area (TPSA) is 121 Å². The van der Waals surface area contributed by atoms with Crippen LogP contribution in [0, 0.1) is 0 Å². The molecule has 3 aromatic rings. The Kier molecular flexibility index (Phi) is 6.20. The van der Waals surface area contributed by atoms with Crippen molar-refractivity contribution in [3.05, 3.63) is 35.6 Å². The molecule has 0 saturated carbocycles. The molecule has 1 aliphatic heterocycles. The molecule has 9 nitrogen and oxygen atoms in total. The number of carbonyl (C=O) groups is 2. The first-order valence-corrected chi connectivity index (χ1v) is 9.57. The van der Waals surface area contributed by atoms with Crippen molar-refractivity contribution >= 4 is 39.2 Å². The van der Waals surface area contributed by atoms with E-state index in [2.05, 4.69) is 31.6 Å². The molecule has 0 aliphatic carbocycles. The number of rotatable bonds is 4. The highest BCUT2D eigenvalue weighted by molar-refractivity contribution is 7.17. The van der Waals surface area contributed by atoms with Crippen molar-refractivity contribution in [3.63, 3.8) is 0 Å². The lowest BCUT2D eigenvalue weighted by Crippen LogP contribution is -2.33. The molecule has 4 heterocycles. The molecule has 4 rings (SSSR count). The number of hydrogen-bond acceptors (Lipinski definition) is 7. The SMILES string of the molecule is O=C(O)C(F)(F)F.O=C(O)c1cn(CC2CCCN2c2nccc3sccc23)nn1. The Morgan fingerprint density at radius 1 is 1.27 bits per heavy atom. The third-order valence-corrected chi connectivity index (χ3v) is 5.29. The Bertz CT molecular complexity index is 1050. The maximum absolute atomic E-state index is 10.9. The number of carboxylic acids is 2. The molecule has 160 valence electrons. The average Bonchev–Trinajstić information content (AvgIpc) is 3.42. The third kappa shape index (κ3) is 4.84. The Balaban J connectivity index is 0.000000318. The van der Waals surface area contributed by atoms with Crippen molar-refractivity contribution < 1.29 is 33.0 Å². The van der Waals surface area contributed by atoms with Gasteiger partial charge in [-0.25, -0.2) is 19.3 Å². The van der Waals surface area contributed by atoms with E-state index in [4.69, 9.17) is 15.0 Å². The number of nitrogens with zero attached hydrogens (tertiary/aromatic N) is 5. The minimum Gasteiger partial charge on any atom is -0.476 e. The second-order valence-electron chi connectivity index (χ2n) is 6.39. The van der Waals surface area contributed by atoms with Gasteiger partial charge in [0.25, 0.3) is 0 Å². The third-order valence-electron chi connectivity index (χ3n) is 4.41. The van der Waals surface area contributed by atoms with Gasteiger partial charge in [-0.2, -0.15) is 13.2 Å². The van der Waals surface area contributed by atoms with Gasteiger partial charge < -0.3 is 15.1 Å². The number of aromatic carboxylic acids is 1. The molecule has 1 aliphatic rings. The fourth-order valence-corrected chi connectivity index (χ4v) is 3.89. The summed E-state index contributed by atoms with van der Waals surface area (Å²) in [5, 5.41) is 26.9. The zero-order valence-electron chi connectivity index (χ0n) is 15.3. The fourth-order valence-electron chi connectivity index (χ4n) is 3.11. The molecule has 1 unspecified atom stereocenters. The number of thiophene rings is 1. The summed E-state index contributed by atoms with van der Waals surface area (Å²) in [5.74, 6) is -2.80. The van der Waals surface area contributed by atoms with Gasteiger partial charge in [-0.3, -0.25) is 0 Å². The molecule has 1 atom stereocenters. The van der Waals surface area contributed by atoms with Gasteiger partial charge in [0.1, 0.15) is 5.82 Å². The molecule has 1 fully saturated rings. The largest absolute Gasteiger partial charge is 0.490 e. The number of anilines is 1. The summed E-state index contributed by atoms with van der Waals surface area (Å²) in [6.07, 6.45) is 0.372. The zero-order chi connectivity index (χ0) is 21.9. The van der Waals surface area contributed by atoms with Crippen LogP contribution in [0.25, 0.3) is 10.1 Å². The van der Waals surface area contributed by atoms with E-state index in [-0.39, 0.29) is 11.7 Å². The van der Waals surface area contributed by atoms with Crippen LogP contribution in [0.2, 0.25) is 0 Å². The van der Waals surface area contributed by atoms with E-state index in [1.807, 2.05) is 12.3 Å². The molecule has 30 heavy (non-hydrogen) atoms. The fraction of sp³-hybridized carbons (Fsp3) is 0.353. The van der Waals surface area contributed by atoms with Crippen LogP contribution in [-0.2, 0) is 11.3 Å². The van der Waals surface area contributed by atoms with Crippen LogP contribution in [0.3, 0.4) is 0 Å². The maximum Gasteiger partial charge on any atom is 0.490 e. The quantitative estimate of drug-likeness (QED) is 0.631. The van der Waals surface area contributed by atoms with Gasteiger partial charge in [0, 0.05) is 22.8 Å². The number of carboxylic acid groups (broad SMARTS) is 2. The van der Waals surface area contributed by atoms with Gasteiger partial charge in [0.2, 0.25) is 0 Å². The first-order valence-electron chi connectivity index (χ1n) is 8.69. The van der Waals surface area contributed by atoms with Crippen LogP contribution in [0.4, 0.5) is 19.0 Å². The lowest BCUT2D eigenvalue weighted by Gasteiger charge is -2.26. The van der Waals surface area contributed by atoms with E-state index in [1.165, 1.54) is 16.3 Å². The lowest BCUT2D eigenvalue weighted by molar-refractivity contribution is -0.192. The van der Waals surface area contributed by atoms with Crippen molar-refractivity contribution in [2.24, 2.45) is 0 Å². The summed E-state index contributed by atoms with van der Waals surface area (Å²) in [4.78, 5) is 26.7. The van der Waals surface area contributed by atoms with E-state index in [9.17, 15) is 18.0 Å². The van der Waals surface area contributed by atoms with E-state index < -0.39 is 18.1 Å². The molecule has 0 spiro atoms. The summed E-state index contributed by atoms with van der Waals surface area (Å²) in [7, 11) is 0. The van der Waals surface area contributed by atoms with Crippen LogP contribution in [-0.4, -0.2) is 60.9 Å². The number of alkyl halides is 3. The minimum absolute atomic E-state index is 0.0207. The molecule has 0 aromatic carbocycles. The van der Waals surface area contributed by atoms with E-state index >= 15 is 0 Å². The highest BCUT2D eigenvalue weighted by Crippen LogP contribution is 2.33. The first kappa shape index (κ1) is 21.5. The molecule has 0 amide bonds. The van der Waals surface area contributed by atoms with Crippen LogP contribution in [0.1, 0.15) is 23.3 Å². The summed E-state index contributed by atoms with van der Waals surface area (Å²) < 4.78 is 34.6. The highest BCUT2D eigenvalue weighted by Gasteiger charge is 2.38. The minimum atomic E-state index is -5.08. The van der Waals surface area contributed by atoms with Crippen molar-refractivity contribution in [2.75, 3.05) is 11.4 Å². The summed E-state index contributed by atoms with van der Waals surface area (Å²) in [6, 6.07) is 4.39. The summed E-state index contributed by atoms with van der Waals surface area (Å²) >= 11 is 1.71. The number of aromatic nitrogens is 4. The highest BCUT2D eigenvalue weighted by atomic mass is 32.1. The average molecular weight is 443 g/mol. The Hall–Kier alpha value is -3.22. The first-order chi connectivity index (χ1) is 14.2. The van der Waals surface area contributed by atoms with Crippen molar-refractivity contribution in [1.29, 1.82) is 0 Å². The normalized spacial score (nSPS) is 16.4. The second-order valence-corrected chi connectivity index (χ2v) is 7.34.